The molecule has 4 nitrogen and oxygen atoms in total. The Morgan fingerprint density at radius 1 is 1.17 bits per heavy atom. The molecule has 0 N–H and O–H groups in total. The van der Waals surface area contributed by atoms with Gasteiger partial charge in [-0.25, -0.2) is 4.79 Å². The molecule has 1 aromatic carbocycles. The molecular formula is C13H21IN2O2. The molecule has 0 spiro atoms. The zero-order valence-electron chi connectivity index (χ0n) is 11.8. The van der Waals surface area contributed by atoms with E-state index < -0.39 is 0 Å². The van der Waals surface area contributed by atoms with E-state index in [1.54, 1.807) is 14.1 Å². The number of carbonyl (C=O) groups excluding carboxylic acids is 1. The number of hydrogen-bond acceptors (Lipinski definition) is 3. The average Bonchev–Trinajstić information content (AvgIpc) is 2.34. The van der Waals surface area contributed by atoms with E-state index >= 15 is 0 Å². The number of ether oxygens (including phenoxy) is 1. The van der Waals surface area contributed by atoms with Crippen LogP contribution in [-0.2, 0) is 0 Å². The molecule has 0 saturated heterocycles. The number of hydrogen-bond donors (Lipinski definition) is 0. The SMILES string of the molecule is CI.Cc1ccc(N(C)C)cc1OC(=O)N(C)C. The van der Waals surface area contributed by atoms with E-state index in [1.807, 2.05) is 49.0 Å². The van der Waals surface area contributed by atoms with E-state index in [4.69, 9.17) is 4.74 Å². The predicted octanol–water partition coefficient (Wildman–Crippen LogP) is 3.17. The van der Waals surface area contributed by atoms with Gasteiger partial charge in [-0.15, -0.1) is 0 Å². The fourth-order valence-electron chi connectivity index (χ4n) is 1.16. The summed E-state index contributed by atoms with van der Waals surface area (Å²) in [4.78, 5) is 16.8. The molecule has 1 rings (SSSR count). The van der Waals surface area contributed by atoms with Crippen LogP contribution in [0.1, 0.15) is 5.56 Å². The lowest BCUT2D eigenvalue weighted by molar-refractivity contribution is 0.171. The summed E-state index contributed by atoms with van der Waals surface area (Å²) in [6, 6.07) is 5.78. The van der Waals surface area contributed by atoms with Crippen molar-refractivity contribution in [2.24, 2.45) is 0 Å². The highest BCUT2D eigenvalue weighted by atomic mass is 127. The van der Waals surface area contributed by atoms with Crippen molar-refractivity contribution in [1.29, 1.82) is 0 Å². The van der Waals surface area contributed by atoms with Crippen LogP contribution in [0.2, 0.25) is 0 Å². The lowest BCUT2D eigenvalue weighted by atomic mass is 10.2. The molecule has 0 fully saturated rings. The maximum absolute atomic E-state index is 11.4. The molecule has 0 aromatic heterocycles. The molecule has 0 aliphatic heterocycles. The summed E-state index contributed by atoms with van der Waals surface area (Å²) in [7, 11) is 7.21. The third-order valence-corrected chi connectivity index (χ3v) is 2.25. The van der Waals surface area contributed by atoms with Crippen molar-refractivity contribution in [3.63, 3.8) is 0 Å². The van der Waals surface area contributed by atoms with Gasteiger partial charge in [0.2, 0.25) is 0 Å². The Morgan fingerprint density at radius 2 is 1.72 bits per heavy atom. The first-order valence-electron chi connectivity index (χ1n) is 5.46. The van der Waals surface area contributed by atoms with Crippen LogP contribution in [0.4, 0.5) is 10.5 Å². The van der Waals surface area contributed by atoms with Gasteiger partial charge in [0.15, 0.2) is 0 Å². The van der Waals surface area contributed by atoms with Gasteiger partial charge in [-0.1, -0.05) is 28.7 Å². The number of alkyl halides is 1. The fourth-order valence-corrected chi connectivity index (χ4v) is 1.16. The molecule has 0 aliphatic rings. The van der Waals surface area contributed by atoms with E-state index in [-0.39, 0.29) is 6.09 Å². The van der Waals surface area contributed by atoms with Gasteiger partial charge in [0.1, 0.15) is 5.75 Å². The summed E-state index contributed by atoms with van der Waals surface area (Å²) in [6.07, 6.45) is -0.362. The number of halogens is 1. The number of amides is 1. The zero-order chi connectivity index (χ0) is 14.3. The second kappa shape index (κ2) is 8.18. The maximum Gasteiger partial charge on any atom is 0.414 e. The van der Waals surface area contributed by atoms with Gasteiger partial charge in [-0.3, -0.25) is 0 Å². The van der Waals surface area contributed by atoms with Crippen molar-refractivity contribution < 1.29 is 9.53 Å². The Bertz CT molecular complexity index is 393. The average molecular weight is 364 g/mol. The Labute approximate surface area is 123 Å². The minimum atomic E-state index is -0.362. The van der Waals surface area contributed by atoms with Crippen molar-refractivity contribution >= 4 is 34.4 Å². The molecule has 0 radical (unpaired) electrons. The van der Waals surface area contributed by atoms with Crippen LogP contribution in [0.15, 0.2) is 18.2 Å². The highest BCUT2D eigenvalue weighted by Crippen LogP contribution is 2.24. The number of nitrogens with zero attached hydrogens (tertiary/aromatic N) is 2. The molecule has 102 valence electrons. The topological polar surface area (TPSA) is 32.8 Å². The number of rotatable bonds is 2. The molecule has 0 heterocycles. The maximum atomic E-state index is 11.4. The first kappa shape index (κ1) is 17.0. The van der Waals surface area contributed by atoms with Crippen LogP contribution in [-0.4, -0.2) is 44.1 Å². The van der Waals surface area contributed by atoms with E-state index in [0.717, 1.165) is 11.3 Å². The molecule has 0 unspecified atom stereocenters. The number of benzene rings is 1. The van der Waals surface area contributed by atoms with Gasteiger partial charge < -0.3 is 14.5 Å². The van der Waals surface area contributed by atoms with Crippen molar-refractivity contribution in [1.82, 2.24) is 4.90 Å². The van der Waals surface area contributed by atoms with Crippen molar-refractivity contribution in [3.05, 3.63) is 23.8 Å². The quantitative estimate of drug-likeness (QED) is 0.597. The van der Waals surface area contributed by atoms with E-state index in [0.29, 0.717) is 5.75 Å². The fraction of sp³-hybridized carbons (Fsp3) is 0.462. The number of aryl methyl sites for hydroxylation is 1. The Hall–Kier alpha value is -0.980. The third-order valence-electron chi connectivity index (χ3n) is 2.25. The molecule has 5 heteroatoms. The van der Waals surface area contributed by atoms with E-state index in [9.17, 15) is 4.79 Å². The Kier molecular flexibility index (Phi) is 7.73. The highest BCUT2D eigenvalue weighted by molar-refractivity contribution is 14.1. The van der Waals surface area contributed by atoms with Gasteiger partial charge in [0.05, 0.1) is 0 Å². The van der Waals surface area contributed by atoms with Crippen LogP contribution in [0.3, 0.4) is 0 Å². The smallest absolute Gasteiger partial charge is 0.410 e. The van der Waals surface area contributed by atoms with E-state index in [1.165, 1.54) is 4.90 Å². The first-order valence-corrected chi connectivity index (χ1v) is 7.62. The largest absolute Gasteiger partial charge is 0.414 e. The van der Waals surface area contributed by atoms with Crippen molar-refractivity contribution in [3.8, 4) is 5.75 Å². The van der Waals surface area contributed by atoms with Gasteiger partial charge in [-0.2, -0.15) is 0 Å². The minimum Gasteiger partial charge on any atom is -0.410 e. The van der Waals surface area contributed by atoms with Crippen LogP contribution in [0.25, 0.3) is 0 Å². The summed E-state index contributed by atoms with van der Waals surface area (Å²) in [5.74, 6) is 0.602. The predicted molar refractivity (Wildman–Crippen MR) is 85.2 cm³/mol. The van der Waals surface area contributed by atoms with Crippen molar-refractivity contribution in [2.75, 3.05) is 38.0 Å². The zero-order valence-corrected chi connectivity index (χ0v) is 14.0. The molecule has 1 amide bonds. The van der Waals surface area contributed by atoms with Gasteiger partial charge in [0.25, 0.3) is 0 Å². The molecule has 0 bridgehead atoms. The Balaban J connectivity index is 0.00000137. The summed E-state index contributed by atoms with van der Waals surface area (Å²) >= 11 is 2.15. The normalized spacial score (nSPS) is 9.06. The Morgan fingerprint density at radius 3 is 2.17 bits per heavy atom. The van der Waals surface area contributed by atoms with E-state index in [2.05, 4.69) is 22.6 Å². The summed E-state index contributed by atoms with van der Waals surface area (Å²) in [5.41, 5.74) is 1.95. The third kappa shape index (κ3) is 5.12. The molecule has 18 heavy (non-hydrogen) atoms. The molecule has 1 aromatic rings. The number of carbonyl (C=O) groups is 1. The lowest BCUT2D eigenvalue weighted by Gasteiger charge is -2.16. The van der Waals surface area contributed by atoms with Gasteiger partial charge in [0, 0.05) is 39.9 Å². The number of anilines is 1. The second-order valence-electron chi connectivity index (χ2n) is 4.11. The lowest BCUT2D eigenvalue weighted by Crippen LogP contribution is -2.25. The monoisotopic (exact) mass is 364 g/mol. The molecule has 0 saturated carbocycles. The second-order valence-corrected chi connectivity index (χ2v) is 4.11. The van der Waals surface area contributed by atoms with Crippen LogP contribution in [0, 0.1) is 6.92 Å². The first-order chi connectivity index (χ1) is 8.41. The van der Waals surface area contributed by atoms with Gasteiger partial charge in [-0.05, 0) is 23.5 Å². The summed E-state index contributed by atoms with van der Waals surface area (Å²) in [6.45, 7) is 1.91. The summed E-state index contributed by atoms with van der Waals surface area (Å²) in [5, 5.41) is 0. The van der Waals surface area contributed by atoms with Crippen LogP contribution in [0.5, 0.6) is 5.75 Å². The molecule has 0 atom stereocenters. The van der Waals surface area contributed by atoms with Crippen LogP contribution >= 0.6 is 22.6 Å². The highest BCUT2D eigenvalue weighted by Gasteiger charge is 2.10. The molecular weight excluding hydrogens is 343 g/mol. The summed E-state index contributed by atoms with van der Waals surface area (Å²) < 4.78 is 5.26. The minimum absolute atomic E-state index is 0.362. The standard InChI is InChI=1S/C12H18N2O2.CH3I/c1-9-6-7-10(13(2)3)8-11(9)16-12(15)14(4)5;1-2/h6-8H,1-5H3;1H3. The van der Waals surface area contributed by atoms with Crippen molar-refractivity contribution in [2.45, 2.75) is 6.92 Å². The van der Waals surface area contributed by atoms with Gasteiger partial charge >= 0.3 is 6.09 Å². The van der Waals surface area contributed by atoms with Crippen LogP contribution < -0.4 is 9.64 Å². The molecule has 0 aliphatic carbocycles.